The van der Waals surface area contributed by atoms with Crippen molar-refractivity contribution in [2.24, 2.45) is 7.05 Å². The van der Waals surface area contributed by atoms with Gasteiger partial charge in [0.15, 0.2) is 11.5 Å². The number of esters is 1. The Bertz CT molecular complexity index is 2500. The molecule has 58 heavy (non-hydrogen) atoms. The molecule has 0 saturated carbocycles. The Kier molecular flexibility index (Phi) is 14.3. The highest BCUT2D eigenvalue weighted by Crippen LogP contribution is 2.25. The number of nitrogens with zero attached hydrogens (tertiary/aromatic N) is 5. The second-order valence-electron chi connectivity index (χ2n) is 14.7. The summed E-state index contributed by atoms with van der Waals surface area (Å²) in [5.74, 6) is 5.85. The van der Waals surface area contributed by atoms with Gasteiger partial charge in [0.25, 0.3) is 11.5 Å². The molecule has 1 atom stereocenters. The van der Waals surface area contributed by atoms with Crippen LogP contribution >= 0.6 is 0 Å². The number of aryl methyl sites for hydroxylation is 1. The van der Waals surface area contributed by atoms with Gasteiger partial charge in [-0.05, 0) is 80.8 Å². The van der Waals surface area contributed by atoms with Gasteiger partial charge in [0.05, 0.1) is 17.1 Å². The summed E-state index contributed by atoms with van der Waals surface area (Å²) in [7, 11) is 1.90. The number of amides is 1. The number of rotatable bonds is 18. The Morgan fingerprint density at radius 1 is 0.931 bits per heavy atom. The summed E-state index contributed by atoms with van der Waals surface area (Å²) in [6.07, 6.45) is 21.7. The van der Waals surface area contributed by atoms with Crippen LogP contribution in [0.5, 0.6) is 0 Å². The molecule has 11 nitrogen and oxygen atoms in total. The number of ether oxygens (including phenoxy) is 1. The fourth-order valence-electron chi connectivity index (χ4n) is 7.11. The van der Waals surface area contributed by atoms with Gasteiger partial charge in [0, 0.05) is 54.6 Å². The predicted molar refractivity (Wildman–Crippen MR) is 230 cm³/mol. The Labute approximate surface area is 339 Å². The van der Waals surface area contributed by atoms with Crippen LogP contribution in [0.2, 0.25) is 0 Å². The van der Waals surface area contributed by atoms with Gasteiger partial charge in [0.1, 0.15) is 12.2 Å². The molecule has 0 aliphatic carbocycles. The third-order valence-corrected chi connectivity index (χ3v) is 10.3. The highest BCUT2D eigenvalue weighted by molar-refractivity contribution is 6.04. The Hall–Kier alpha value is -6.41. The molecule has 11 heteroatoms. The van der Waals surface area contributed by atoms with Gasteiger partial charge < -0.3 is 20.4 Å². The minimum Gasteiger partial charge on any atom is -0.459 e. The van der Waals surface area contributed by atoms with Crippen molar-refractivity contribution in [2.45, 2.75) is 97.1 Å². The molecule has 300 valence electrons. The lowest BCUT2D eigenvalue weighted by molar-refractivity contribution is -0.145. The number of unbranched alkanes of at least 4 members (excludes halogenated alkanes) is 8. The summed E-state index contributed by atoms with van der Waals surface area (Å²) < 4.78 is 10.6. The van der Waals surface area contributed by atoms with E-state index in [1.165, 1.54) is 43.0 Å². The quantitative estimate of drug-likeness (QED) is 0.0385. The normalized spacial score (nSPS) is 11.8. The van der Waals surface area contributed by atoms with Gasteiger partial charge in [-0.2, -0.15) is 0 Å². The predicted octanol–water partition coefficient (Wildman–Crippen LogP) is 8.76. The number of hydrogen-bond donors (Lipinski definition) is 2. The summed E-state index contributed by atoms with van der Waals surface area (Å²) in [6, 6.07) is 19.7. The molecule has 0 aliphatic heterocycles. The van der Waals surface area contributed by atoms with Crippen LogP contribution in [0.3, 0.4) is 0 Å². The molecule has 3 N–H and O–H groups in total. The van der Waals surface area contributed by atoms with E-state index in [4.69, 9.17) is 10.5 Å². The number of allylic oxidation sites excluding steroid dienone is 2. The molecule has 0 bridgehead atoms. The summed E-state index contributed by atoms with van der Waals surface area (Å²) in [4.78, 5) is 44.9. The van der Waals surface area contributed by atoms with E-state index in [2.05, 4.69) is 46.3 Å². The number of anilines is 1. The minimum atomic E-state index is -0.614. The van der Waals surface area contributed by atoms with Crippen LogP contribution in [0.25, 0.3) is 22.1 Å². The van der Waals surface area contributed by atoms with Crippen LogP contribution in [0.15, 0.2) is 102 Å². The molecule has 6 aromatic rings. The van der Waals surface area contributed by atoms with Crippen molar-refractivity contribution in [1.29, 1.82) is 0 Å². The summed E-state index contributed by atoms with van der Waals surface area (Å²) in [6.45, 7) is 4.21. The number of nitrogens with two attached hydrogens (primary N) is 1. The van der Waals surface area contributed by atoms with E-state index in [1.807, 2.05) is 85.4 Å². The molecule has 1 amide bonds. The molecule has 0 radical (unpaired) electrons. The maximum atomic E-state index is 14.5. The second kappa shape index (κ2) is 20.1. The number of para-hydroxylation sites is 1. The number of fused-ring (bicyclic) bond motifs is 2. The van der Waals surface area contributed by atoms with Gasteiger partial charge in [-0.1, -0.05) is 93.4 Å². The van der Waals surface area contributed by atoms with Crippen molar-refractivity contribution >= 4 is 34.1 Å². The van der Waals surface area contributed by atoms with E-state index in [0.29, 0.717) is 39.8 Å². The van der Waals surface area contributed by atoms with Crippen LogP contribution < -0.4 is 16.6 Å². The third-order valence-electron chi connectivity index (χ3n) is 10.3. The number of hydrogen-bond acceptors (Lipinski definition) is 7. The molecular formula is C47H53N7O4. The average molecular weight is 780 g/mol. The van der Waals surface area contributed by atoms with Gasteiger partial charge in [-0.25, -0.2) is 9.50 Å². The first-order valence-corrected chi connectivity index (χ1v) is 20.4. The van der Waals surface area contributed by atoms with Crippen molar-refractivity contribution in [2.75, 3.05) is 5.73 Å². The molecule has 0 aliphatic rings. The highest BCUT2D eigenvalue weighted by atomic mass is 16.5. The molecule has 4 aromatic heterocycles. The van der Waals surface area contributed by atoms with Crippen molar-refractivity contribution in [3.05, 3.63) is 136 Å². The van der Waals surface area contributed by atoms with Gasteiger partial charge >= 0.3 is 5.97 Å². The fourth-order valence-corrected chi connectivity index (χ4v) is 7.11. The summed E-state index contributed by atoms with van der Waals surface area (Å²) >= 11 is 0. The van der Waals surface area contributed by atoms with Crippen molar-refractivity contribution < 1.29 is 14.3 Å². The molecule has 0 saturated heterocycles. The molecule has 0 unspecified atom stereocenters. The van der Waals surface area contributed by atoms with E-state index in [9.17, 15) is 14.4 Å². The number of carbonyl (C=O) groups excluding carboxylic acids is 2. The molecule has 2 aromatic carbocycles. The lowest BCUT2D eigenvalue weighted by Crippen LogP contribution is -2.32. The molecule has 0 fully saturated rings. The van der Waals surface area contributed by atoms with Crippen molar-refractivity contribution in [1.82, 2.24) is 29.0 Å². The van der Waals surface area contributed by atoms with Crippen LogP contribution in [0.4, 0.5) is 5.82 Å². The highest BCUT2D eigenvalue weighted by Gasteiger charge is 2.24. The smallest absolute Gasteiger partial charge is 0.306 e. The second-order valence-corrected chi connectivity index (χ2v) is 14.7. The van der Waals surface area contributed by atoms with E-state index < -0.39 is 11.9 Å². The minimum absolute atomic E-state index is 0.0561. The Morgan fingerprint density at radius 3 is 2.48 bits per heavy atom. The fraction of sp³-hybridized carbons (Fsp3) is 0.340. The number of aromatic nitrogens is 5. The van der Waals surface area contributed by atoms with Crippen LogP contribution in [0.1, 0.15) is 123 Å². The SMILES string of the molecule is CCCCC/C=C\CCCCCCCC(=O)OCc1cc(C#Cc2cccc3cc([C@H](C)NC(=O)c4c(N)nn5cccnc45)n(-c4ccccc4)c(=O)c23)cn1C. The number of nitrogen functional groups attached to an aromatic ring is 1. The number of benzene rings is 2. The van der Waals surface area contributed by atoms with E-state index in [0.717, 1.165) is 36.9 Å². The lowest BCUT2D eigenvalue weighted by atomic mass is 10.0. The first-order valence-electron chi connectivity index (χ1n) is 20.4. The van der Waals surface area contributed by atoms with Gasteiger partial charge in [0.2, 0.25) is 0 Å². The van der Waals surface area contributed by atoms with Gasteiger partial charge in [-0.3, -0.25) is 19.0 Å². The standard InChI is InChI=1S/C47H53N7O4/c1-4-5-6-7-8-9-10-11-12-13-14-18-25-41(55)58-33-39-30-35(32-52(39)3)26-27-36-21-19-22-37-31-40(54(47(57)42(36)37)38-23-16-15-17-24-38)34(2)50-46(56)43-44(48)51-53-29-20-28-49-45(43)53/h8-9,15-17,19-24,28-32,34H,4-7,10-14,18,25,33H2,1-3H3,(H2,48,51)(H,50,56)/b9-8-/t34-/m0/s1. The summed E-state index contributed by atoms with van der Waals surface area (Å²) in [5.41, 5.74) is 9.71. The van der Waals surface area contributed by atoms with Crippen LogP contribution in [0, 0.1) is 11.8 Å². The largest absolute Gasteiger partial charge is 0.459 e. The van der Waals surface area contributed by atoms with E-state index in [1.54, 1.807) is 23.0 Å². The van der Waals surface area contributed by atoms with Crippen LogP contribution in [-0.2, 0) is 23.2 Å². The molecule has 0 spiro atoms. The Balaban J connectivity index is 1.12. The maximum Gasteiger partial charge on any atom is 0.306 e. The first kappa shape index (κ1) is 41.2. The lowest BCUT2D eigenvalue weighted by Gasteiger charge is -2.21. The molecule has 4 heterocycles. The zero-order chi connectivity index (χ0) is 40.9. The number of carbonyl (C=O) groups is 2. The first-order chi connectivity index (χ1) is 28.2. The van der Waals surface area contributed by atoms with Crippen molar-refractivity contribution in [3.8, 4) is 17.5 Å². The van der Waals surface area contributed by atoms with Gasteiger partial charge in [-0.15, -0.1) is 5.10 Å². The average Bonchev–Trinajstić information content (AvgIpc) is 3.76. The van der Waals surface area contributed by atoms with E-state index >= 15 is 0 Å². The number of pyridine rings is 1. The monoisotopic (exact) mass is 779 g/mol. The topological polar surface area (TPSA) is 139 Å². The molecular weight excluding hydrogens is 727 g/mol. The maximum absolute atomic E-state index is 14.5. The summed E-state index contributed by atoms with van der Waals surface area (Å²) in [5, 5.41) is 8.37. The molecule has 6 rings (SSSR count). The third kappa shape index (κ3) is 10.3. The Morgan fingerprint density at radius 2 is 1.69 bits per heavy atom. The van der Waals surface area contributed by atoms with Crippen molar-refractivity contribution in [3.63, 3.8) is 0 Å². The zero-order valence-corrected chi connectivity index (χ0v) is 33.7. The number of nitrogens with one attached hydrogen (secondary N) is 1. The van der Waals surface area contributed by atoms with Crippen LogP contribution in [-0.4, -0.2) is 35.6 Å². The zero-order valence-electron chi connectivity index (χ0n) is 33.7. The van der Waals surface area contributed by atoms with E-state index in [-0.39, 0.29) is 29.5 Å².